The Morgan fingerprint density at radius 3 is 2.07 bits per heavy atom. The Kier molecular flexibility index (Phi) is 6.29. The van der Waals surface area contributed by atoms with Crippen LogP contribution in [0.4, 0.5) is 0 Å². The summed E-state index contributed by atoms with van der Waals surface area (Å²) in [5, 5.41) is 5.68. The number of rotatable bonds is 9. The molecule has 2 aliphatic heterocycles. The van der Waals surface area contributed by atoms with Crippen molar-refractivity contribution in [1.82, 2.24) is 16.1 Å². The van der Waals surface area contributed by atoms with Crippen LogP contribution in [0.1, 0.15) is 30.9 Å². The molecule has 30 heavy (non-hydrogen) atoms. The molecule has 154 valence electrons. The van der Waals surface area contributed by atoms with E-state index in [0.29, 0.717) is 22.5 Å². The predicted molar refractivity (Wildman–Crippen MR) is 114 cm³/mol. The van der Waals surface area contributed by atoms with E-state index in [4.69, 9.17) is 9.32 Å². The molecule has 0 atom stereocenters. The van der Waals surface area contributed by atoms with E-state index in [1.165, 1.54) is 0 Å². The van der Waals surface area contributed by atoms with Crippen LogP contribution in [0.15, 0.2) is 70.6 Å². The second kappa shape index (κ2) is 9.27. The lowest BCUT2D eigenvalue weighted by Crippen LogP contribution is -2.21. The van der Waals surface area contributed by atoms with Crippen LogP contribution in [-0.4, -0.2) is 18.4 Å². The molecule has 2 heterocycles. The molecule has 0 radical (unpaired) electrons. The van der Waals surface area contributed by atoms with Crippen molar-refractivity contribution in [3.8, 4) is 0 Å². The van der Waals surface area contributed by atoms with Gasteiger partial charge >= 0.3 is 0 Å². The van der Waals surface area contributed by atoms with E-state index in [-0.39, 0.29) is 11.8 Å². The van der Waals surface area contributed by atoms with Crippen LogP contribution in [0.2, 0.25) is 0 Å². The quantitative estimate of drug-likeness (QED) is 0.248. The lowest BCUT2D eigenvalue weighted by atomic mass is 10.0. The molecule has 2 amide bonds. The van der Waals surface area contributed by atoms with Crippen LogP contribution in [0.3, 0.4) is 0 Å². The van der Waals surface area contributed by atoms with E-state index in [1.807, 2.05) is 54.6 Å². The number of benzene rings is 2. The van der Waals surface area contributed by atoms with Crippen molar-refractivity contribution in [2.24, 2.45) is 0 Å². The Morgan fingerprint density at radius 2 is 1.47 bits per heavy atom. The van der Waals surface area contributed by atoms with Crippen LogP contribution in [-0.2, 0) is 18.9 Å². The average molecular weight is 423 g/mol. The maximum Gasteiger partial charge on any atom is 0.258 e. The van der Waals surface area contributed by atoms with Crippen molar-refractivity contribution in [2.45, 2.75) is 24.7 Å². The number of carbonyl (C=O) groups excluding carboxylic acids is 2. The van der Waals surface area contributed by atoms with Crippen molar-refractivity contribution in [2.75, 3.05) is 6.54 Å². The molecule has 0 saturated carbocycles. The molecule has 0 aliphatic carbocycles. The summed E-state index contributed by atoms with van der Waals surface area (Å²) < 4.78 is 5.05. The fourth-order valence-corrected chi connectivity index (χ4v) is 3.68. The van der Waals surface area contributed by atoms with E-state index in [2.05, 4.69) is 23.0 Å². The number of nitrogens with one attached hydrogen (secondary N) is 3. The standard InChI is InChI=1S/C22H21N3O4S/c1-2-3-13-23-28-29-30-16-11-9-15(10-12-16)20-18-17(21(26)25-20)19(24-22(18)27)14-7-5-4-6-8-14/h4-12,23H,2-3,13H2,1H3,(H,24,27)(H,25,26). The lowest BCUT2D eigenvalue weighted by Gasteiger charge is -2.08. The van der Waals surface area contributed by atoms with E-state index < -0.39 is 0 Å². The van der Waals surface area contributed by atoms with E-state index in [1.54, 1.807) is 0 Å². The van der Waals surface area contributed by atoms with Crippen LogP contribution in [0.25, 0.3) is 11.4 Å². The van der Waals surface area contributed by atoms with Gasteiger partial charge in [-0.1, -0.05) is 55.8 Å². The minimum atomic E-state index is -0.287. The molecule has 0 saturated heterocycles. The molecule has 0 fully saturated rings. The highest BCUT2D eigenvalue weighted by Gasteiger charge is 2.40. The van der Waals surface area contributed by atoms with Crippen molar-refractivity contribution in [3.63, 3.8) is 0 Å². The Labute approximate surface area is 178 Å². The first-order chi connectivity index (χ1) is 14.7. The van der Waals surface area contributed by atoms with Crippen LogP contribution in [0.5, 0.6) is 0 Å². The van der Waals surface area contributed by atoms with Crippen molar-refractivity contribution < 1.29 is 18.9 Å². The first-order valence-corrected chi connectivity index (χ1v) is 10.4. The molecule has 7 nitrogen and oxygen atoms in total. The first kappa shape index (κ1) is 20.4. The summed E-state index contributed by atoms with van der Waals surface area (Å²) in [6.07, 6.45) is 2.07. The van der Waals surface area contributed by atoms with Gasteiger partial charge in [-0.2, -0.15) is 5.48 Å². The molecule has 0 bridgehead atoms. The molecule has 0 spiro atoms. The third-order valence-electron chi connectivity index (χ3n) is 4.74. The highest BCUT2D eigenvalue weighted by atomic mass is 32.2. The van der Waals surface area contributed by atoms with Gasteiger partial charge in [-0.3, -0.25) is 9.59 Å². The van der Waals surface area contributed by atoms with Crippen molar-refractivity contribution in [1.29, 1.82) is 0 Å². The van der Waals surface area contributed by atoms with E-state index >= 15 is 0 Å². The molecular formula is C22H21N3O4S. The Hall–Kier alpha value is -2.91. The zero-order chi connectivity index (χ0) is 20.9. The number of hydrogen-bond donors (Lipinski definition) is 3. The molecular weight excluding hydrogens is 402 g/mol. The number of hydroxylamine groups is 1. The van der Waals surface area contributed by atoms with Gasteiger partial charge in [0.15, 0.2) is 0 Å². The summed E-state index contributed by atoms with van der Waals surface area (Å²) in [4.78, 5) is 31.0. The third-order valence-corrected chi connectivity index (χ3v) is 5.34. The normalized spacial score (nSPS) is 15.5. The van der Waals surface area contributed by atoms with Crippen LogP contribution in [0, 0.1) is 0 Å². The van der Waals surface area contributed by atoms with Gasteiger partial charge in [0, 0.05) is 11.4 Å². The summed E-state index contributed by atoms with van der Waals surface area (Å²) in [5.74, 6) is -0.573. The number of unbranched alkanes of at least 4 members (excludes halogenated alkanes) is 1. The smallest absolute Gasteiger partial charge is 0.258 e. The number of fused-ring (bicyclic) bond motifs is 1. The topological polar surface area (TPSA) is 88.7 Å². The zero-order valence-electron chi connectivity index (χ0n) is 16.4. The third kappa shape index (κ3) is 4.17. The van der Waals surface area contributed by atoms with Crippen LogP contribution >= 0.6 is 12.0 Å². The first-order valence-electron chi connectivity index (χ1n) is 9.69. The predicted octanol–water partition coefficient (Wildman–Crippen LogP) is 3.33. The maximum atomic E-state index is 12.6. The zero-order valence-corrected chi connectivity index (χ0v) is 17.2. The lowest BCUT2D eigenvalue weighted by molar-refractivity contribution is -0.244. The Morgan fingerprint density at radius 1 is 0.867 bits per heavy atom. The van der Waals surface area contributed by atoms with Gasteiger partial charge in [-0.15, -0.1) is 9.32 Å². The van der Waals surface area contributed by atoms with Crippen LogP contribution < -0.4 is 16.1 Å². The summed E-state index contributed by atoms with van der Waals surface area (Å²) in [7, 11) is 0. The average Bonchev–Trinajstić information content (AvgIpc) is 3.30. The van der Waals surface area contributed by atoms with Gasteiger partial charge in [-0.05, 0) is 29.7 Å². The number of hydrogen-bond acceptors (Lipinski definition) is 6. The summed E-state index contributed by atoms with van der Waals surface area (Å²) >= 11 is 1.07. The molecule has 2 aliphatic rings. The molecule has 0 unspecified atom stereocenters. The molecule has 2 aromatic rings. The number of carbonyl (C=O) groups is 2. The van der Waals surface area contributed by atoms with E-state index in [0.717, 1.165) is 47.5 Å². The second-order valence-electron chi connectivity index (χ2n) is 6.78. The summed E-state index contributed by atoms with van der Waals surface area (Å²) in [6, 6.07) is 16.7. The fraction of sp³-hybridized carbons (Fsp3) is 0.182. The second-order valence-corrected chi connectivity index (χ2v) is 7.56. The summed E-state index contributed by atoms with van der Waals surface area (Å²) in [5.41, 5.74) is 6.06. The molecule has 4 rings (SSSR count). The molecule has 2 aromatic carbocycles. The van der Waals surface area contributed by atoms with Gasteiger partial charge in [-0.25, -0.2) is 0 Å². The minimum Gasteiger partial charge on any atom is -0.321 e. The highest BCUT2D eigenvalue weighted by Crippen LogP contribution is 2.37. The van der Waals surface area contributed by atoms with Gasteiger partial charge in [0.1, 0.15) is 0 Å². The molecule has 3 N–H and O–H groups in total. The largest absolute Gasteiger partial charge is 0.321 e. The van der Waals surface area contributed by atoms with Gasteiger partial charge < -0.3 is 10.6 Å². The van der Waals surface area contributed by atoms with Crippen molar-refractivity contribution >= 4 is 35.3 Å². The molecule has 8 heteroatoms. The highest BCUT2D eigenvalue weighted by molar-refractivity contribution is 7.94. The van der Waals surface area contributed by atoms with E-state index in [9.17, 15) is 9.59 Å². The fourth-order valence-electron chi connectivity index (χ4n) is 3.27. The monoisotopic (exact) mass is 423 g/mol. The minimum absolute atomic E-state index is 0.287. The van der Waals surface area contributed by atoms with Gasteiger partial charge in [0.2, 0.25) is 0 Å². The van der Waals surface area contributed by atoms with Crippen molar-refractivity contribution in [3.05, 3.63) is 76.9 Å². The molecule has 0 aromatic heterocycles. The van der Waals surface area contributed by atoms with Gasteiger partial charge in [0.25, 0.3) is 11.8 Å². The SMILES string of the molecule is CCCCNOOSc1ccc(C2=C3C(=O)NC(c4ccccc4)=C3C(=O)N2)cc1. The number of amides is 2. The Bertz CT molecular complexity index is 1020. The van der Waals surface area contributed by atoms with Gasteiger partial charge in [0.05, 0.1) is 34.6 Å². The summed E-state index contributed by atoms with van der Waals surface area (Å²) in [6.45, 7) is 2.81. The Balaban J connectivity index is 1.51. The maximum absolute atomic E-state index is 12.6.